The number of esters is 2. The first kappa shape index (κ1) is 41.8. The summed E-state index contributed by atoms with van der Waals surface area (Å²) in [5.41, 5.74) is 0.753. The molecule has 2 aromatic carbocycles. The highest BCUT2D eigenvalue weighted by Gasteiger charge is 2.42. The molecule has 1 aliphatic rings. The van der Waals surface area contributed by atoms with Crippen molar-refractivity contribution in [2.75, 3.05) is 33.4 Å². The van der Waals surface area contributed by atoms with Crippen LogP contribution in [0.4, 0.5) is 4.79 Å². The summed E-state index contributed by atoms with van der Waals surface area (Å²) in [5.74, 6) is -1.78. The van der Waals surface area contributed by atoms with Crippen LogP contribution in [0.5, 0.6) is 5.75 Å². The fraction of sp³-hybridized carbons (Fsp3) is 0.575. The maximum absolute atomic E-state index is 14.2. The highest BCUT2D eigenvalue weighted by Crippen LogP contribution is 2.21. The molecule has 0 unspecified atom stereocenters. The predicted octanol–water partition coefficient (Wildman–Crippen LogP) is 5.99. The number of unbranched alkanes of at least 4 members (excludes halogenated alkanes) is 7. The molecule has 0 aliphatic carbocycles. The van der Waals surface area contributed by atoms with Crippen LogP contribution in [-0.2, 0) is 46.4 Å². The quantitative estimate of drug-likeness (QED) is 0.0992. The summed E-state index contributed by atoms with van der Waals surface area (Å²) in [6.45, 7) is 7.69. The Bertz CT molecular complexity index is 1430. The number of nitrogens with one attached hydrogen (secondary N) is 1. The molecule has 286 valence electrons. The summed E-state index contributed by atoms with van der Waals surface area (Å²) in [7, 11) is 1.19. The van der Waals surface area contributed by atoms with Gasteiger partial charge in [-0.25, -0.2) is 4.79 Å². The van der Waals surface area contributed by atoms with Crippen molar-refractivity contribution in [1.29, 1.82) is 0 Å². The molecule has 0 saturated carbocycles. The molecule has 0 aromatic heterocycles. The van der Waals surface area contributed by atoms with E-state index in [1.54, 1.807) is 20.8 Å². The molecule has 1 saturated heterocycles. The summed E-state index contributed by atoms with van der Waals surface area (Å²) >= 11 is 0. The molecule has 1 N–H and O–H groups in total. The number of methoxy groups -OCH3 is 1. The van der Waals surface area contributed by atoms with Crippen molar-refractivity contribution in [3.63, 3.8) is 0 Å². The number of amides is 3. The predicted molar refractivity (Wildman–Crippen MR) is 196 cm³/mol. The maximum atomic E-state index is 14.2. The SMILES string of the molecule is CCCCCCCCCCOc1ccc(C[C@H](NC(=O)OCc2ccccc2)C(=O)N2CCN(CC(=O)OC(C)(C)C)C(=O)[C@@H]2CC(=O)OC)cc1. The fourth-order valence-corrected chi connectivity index (χ4v) is 5.92. The molecule has 1 fully saturated rings. The minimum Gasteiger partial charge on any atom is -0.494 e. The number of ether oxygens (including phenoxy) is 4. The number of hydrogen-bond acceptors (Lipinski definition) is 9. The zero-order valence-corrected chi connectivity index (χ0v) is 31.5. The Hall–Kier alpha value is -4.61. The second kappa shape index (κ2) is 21.7. The van der Waals surface area contributed by atoms with E-state index >= 15 is 0 Å². The zero-order valence-electron chi connectivity index (χ0n) is 31.5. The van der Waals surface area contributed by atoms with Gasteiger partial charge in [-0.05, 0) is 50.5 Å². The van der Waals surface area contributed by atoms with Gasteiger partial charge in [0.2, 0.25) is 11.8 Å². The van der Waals surface area contributed by atoms with E-state index < -0.39 is 54.0 Å². The van der Waals surface area contributed by atoms with Crippen LogP contribution in [0.15, 0.2) is 54.6 Å². The zero-order chi connectivity index (χ0) is 37.9. The van der Waals surface area contributed by atoms with Gasteiger partial charge >= 0.3 is 18.0 Å². The minimum absolute atomic E-state index is 0.00866. The number of carbonyl (C=O) groups is 5. The van der Waals surface area contributed by atoms with E-state index in [0.717, 1.165) is 24.0 Å². The molecule has 12 nitrogen and oxygen atoms in total. The average Bonchev–Trinajstić information content (AvgIpc) is 3.11. The number of hydrogen-bond donors (Lipinski definition) is 1. The van der Waals surface area contributed by atoms with Gasteiger partial charge in [0.1, 0.15) is 36.6 Å². The molecule has 0 radical (unpaired) electrons. The van der Waals surface area contributed by atoms with Gasteiger partial charge in [-0.1, -0.05) is 94.3 Å². The topological polar surface area (TPSA) is 141 Å². The molecule has 1 aliphatic heterocycles. The van der Waals surface area contributed by atoms with Gasteiger partial charge < -0.3 is 34.1 Å². The number of benzene rings is 2. The smallest absolute Gasteiger partial charge is 0.408 e. The normalized spacial score (nSPS) is 15.1. The number of rotatable bonds is 20. The van der Waals surface area contributed by atoms with Gasteiger partial charge in [-0.3, -0.25) is 19.2 Å². The summed E-state index contributed by atoms with van der Waals surface area (Å²) in [6, 6.07) is 14.0. The van der Waals surface area contributed by atoms with Gasteiger partial charge in [-0.2, -0.15) is 0 Å². The van der Waals surface area contributed by atoms with Gasteiger partial charge in [0.15, 0.2) is 0 Å². The Kier molecular flexibility index (Phi) is 17.4. The highest BCUT2D eigenvalue weighted by atomic mass is 16.6. The Balaban J connectivity index is 1.71. The molecule has 1 heterocycles. The molecule has 2 atom stereocenters. The monoisotopic (exact) mass is 723 g/mol. The third-order valence-electron chi connectivity index (χ3n) is 8.63. The first-order chi connectivity index (χ1) is 24.9. The van der Waals surface area contributed by atoms with E-state index in [1.165, 1.54) is 55.4 Å². The van der Waals surface area contributed by atoms with E-state index in [4.69, 9.17) is 18.9 Å². The number of carbonyl (C=O) groups excluding carboxylic acids is 5. The van der Waals surface area contributed by atoms with Crippen LogP contribution in [0.1, 0.15) is 96.6 Å². The van der Waals surface area contributed by atoms with E-state index in [1.807, 2.05) is 54.6 Å². The Morgan fingerprint density at radius 3 is 2.13 bits per heavy atom. The number of nitrogens with zero attached hydrogens (tertiary/aromatic N) is 2. The summed E-state index contributed by atoms with van der Waals surface area (Å²) in [5, 5.41) is 2.69. The summed E-state index contributed by atoms with van der Waals surface area (Å²) in [6.07, 6.45) is 8.51. The Morgan fingerprint density at radius 2 is 1.50 bits per heavy atom. The van der Waals surface area contributed by atoms with Crippen LogP contribution in [0.2, 0.25) is 0 Å². The Labute approximate surface area is 308 Å². The van der Waals surface area contributed by atoms with Gasteiger partial charge in [-0.15, -0.1) is 0 Å². The first-order valence-electron chi connectivity index (χ1n) is 18.5. The molecule has 52 heavy (non-hydrogen) atoms. The van der Waals surface area contributed by atoms with Crippen molar-refractivity contribution in [3.8, 4) is 5.75 Å². The molecule has 3 amide bonds. The molecule has 0 bridgehead atoms. The lowest BCUT2D eigenvalue weighted by molar-refractivity contribution is -0.164. The fourth-order valence-electron chi connectivity index (χ4n) is 5.92. The van der Waals surface area contributed by atoms with Crippen molar-refractivity contribution < 1.29 is 42.9 Å². The van der Waals surface area contributed by atoms with Crippen LogP contribution in [0.25, 0.3) is 0 Å². The second-order valence-electron chi connectivity index (χ2n) is 14.1. The first-order valence-corrected chi connectivity index (χ1v) is 18.5. The summed E-state index contributed by atoms with van der Waals surface area (Å²) < 4.78 is 21.6. The van der Waals surface area contributed by atoms with Gasteiger partial charge in [0.25, 0.3) is 0 Å². The summed E-state index contributed by atoms with van der Waals surface area (Å²) in [4.78, 5) is 68.5. The molecular formula is C40H57N3O9. The van der Waals surface area contributed by atoms with Crippen LogP contribution >= 0.6 is 0 Å². The van der Waals surface area contributed by atoms with Crippen molar-refractivity contribution >= 4 is 29.8 Å². The van der Waals surface area contributed by atoms with Crippen LogP contribution < -0.4 is 10.1 Å². The van der Waals surface area contributed by atoms with E-state index in [2.05, 4.69) is 12.2 Å². The Morgan fingerprint density at radius 1 is 0.846 bits per heavy atom. The van der Waals surface area contributed by atoms with Crippen LogP contribution in [0.3, 0.4) is 0 Å². The average molecular weight is 724 g/mol. The van der Waals surface area contributed by atoms with Crippen molar-refractivity contribution in [2.45, 2.75) is 116 Å². The number of alkyl carbamates (subject to hydrolysis) is 1. The lowest BCUT2D eigenvalue weighted by Crippen LogP contribution is -2.63. The second-order valence-corrected chi connectivity index (χ2v) is 14.1. The van der Waals surface area contributed by atoms with Crippen molar-refractivity contribution in [1.82, 2.24) is 15.1 Å². The molecule has 0 spiro atoms. The third-order valence-corrected chi connectivity index (χ3v) is 8.63. The van der Waals surface area contributed by atoms with E-state index in [0.29, 0.717) is 12.4 Å². The molecule has 3 rings (SSSR count). The van der Waals surface area contributed by atoms with Crippen molar-refractivity contribution in [3.05, 3.63) is 65.7 Å². The van der Waals surface area contributed by atoms with Crippen molar-refractivity contribution in [2.24, 2.45) is 0 Å². The molecule has 2 aromatic rings. The van der Waals surface area contributed by atoms with Gasteiger partial charge in [0.05, 0.1) is 20.1 Å². The highest BCUT2D eigenvalue weighted by molar-refractivity contribution is 5.95. The van der Waals surface area contributed by atoms with Gasteiger partial charge in [0, 0.05) is 19.5 Å². The third kappa shape index (κ3) is 14.9. The largest absolute Gasteiger partial charge is 0.494 e. The standard InChI is InChI=1S/C40H57N3O9/c1-6-7-8-9-10-11-12-16-25-50-32-21-19-30(20-22-32)26-33(41-39(48)51-29-31-17-14-13-15-18-31)37(46)43-24-23-42(28-36(45)52-40(2,3)4)38(47)34(43)27-35(44)49-5/h13-15,17-22,33-34H,6-12,16,23-29H2,1-5H3,(H,41,48)/t33-,34-/m0/s1. The lowest BCUT2D eigenvalue weighted by atomic mass is 10.0. The molecule has 12 heteroatoms. The van der Waals surface area contributed by atoms with Crippen LogP contribution in [0, 0.1) is 0 Å². The lowest BCUT2D eigenvalue weighted by Gasteiger charge is -2.41. The molecular weight excluding hydrogens is 666 g/mol. The minimum atomic E-state index is -1.26. The maximum Gasteiger partial charge on any atom is 0.408 e. The van der Waals surface area contributed by atoms with E-state index in [9.17, 15) is 24.0 Å². The van der Waals surface area contributed by atoms with Crippen LogP contribution in [-0.4, -0.2) is 90.7 Å². The van der Waals surface area contributed by atoms with E-state index in [-0.39, 0.29) is 32.7 Å². The number of piperazine rings is 1.